The van der Waals surface area contributed by atoms with Crippen molar-refractivity contribution < 1.29 is 9.21 Å². The first-order chi connectivity index (χ1) is 11.2. The van der Waals surface area contributed by atoms with Crippen LogP contribution < -0.4 is 0 Å². The zero-order valence-electron chi connectivity index (χ0n) is 13.0. The first-order valence-electron chi connectivity index (χ1n) is 7.63. The summed E-state index contributed by atoms with van der Waals surface area (Å²) >= 11 is 1.73. The maximum absolute atomic E-state index is 12.8. The highest BCUT2D eigenvalue weighted by atomic mass is 32.1. The van der Waals surface area contributed by atoms with E-state index in [2.05, 4.69) is 18.4 Å². The van der Waals surface area contributed by atoms with Crippen LogP contribution in [0.1, 0.15) is 27.7 Å². The molecule has 1 amide bonds. The number of carbonyl (C=O) groups excluding carboxylic acids is 1. The Hall–Kier alpha value is -2.33. The van der Waals surface area contributed by atoms with Gasteiger partial charge in [0.05, 0.1) is 11.8 Å². The van der Waals surface area contributed by atoms with Gasteiger partial charge in [-0.1, -0.05) is 36.4 Å². The molecule has 1 aromatic carbocycles. The smallest absolute Gasteiger partial charge is 0.257 e. The zero-order chi connectivity index (χ0) is 16.1. The molecule has 0 saturated carbocycles. The SMILES string of the molecule is CC(Cc1cccs1)N(Cc1ccccc1)C(=O)c1ccoc1. The Kier molecular flexibility index (Phi) is 4.93. The summed E-state index contributed by atoms with van der Waals surface area (Å²) in [5.74, 6) is 0.00617. The number of hydrogen-bond acceptors (Lipinski definition) is 3. The summed E-state index contributed by atoms with van der Waals surface area (Å²) in [5.41, 5.74) is 1.72. The molecule has 3 rings (SSSR count). The fourth-order valence-electron chi connectivity index (χ4n) is 2.59. The van der Waals surface area contributed by atoms with Crippen molar-refractivity contribution in [2.24, 2.45) is 0 Å². The van der Waals surface area contributed by atoms with Gasteiger partial charge in [-0.15, -0.1) is 11.3 Å². The van der Waals surface area contributed by atoms with Gasteiger partial charge in [0.1, 0.15) is 6.26 Å². The Labute approximate surface area is 140 Å². The van der Waals surface area contributed by atoms with Crippen LogP contribution in [-0.2, 0) is 13.0 Å². The second kappa shape index (κ2) is 7.29. The molecule has 0 radical (unpaired) electrons. The van der Waals surface area contributed by atoms with Crippen molar-refractivity contribution in [2.45, 2.75) is 25.9 Å². The van der Waals surface area contributed by atoms with Crippen LogP contribution in [0.3, 0.4) is 0 Å². The number of benzene rings is 1. The van der Waals surface area contributed by atoms with Crippen LogP contribution in [0.25, 0.3) is 0 Å². The summed E-state index contributed by atoms with van der Waals surface area (Å²) in [7, 11) is 0. The van der Waals surface area contributed by atoms with Crippen molar-refractivity contribution in [3.05, 3.63) is 82.4 Å². The van der Waals surface area contributed by atoms with Gasteiger partial charge in [0.25, 0.3) is 5.91 Å². The topological polar surface area (TPSA) is 33.5 Å². The highest BCUT2D eigenvalue weighted by Gasteiger charge is 2.23. The van der Waals surface area contributed by atoms with Gasteiger partial charge in [0, 0.05) is 23.9 Å². The van der Waals surface area contributed by atoms with Crippen LogP contribution in [0.5, 0.6) is 0 Å². The summed E-state index contributed by atoms with van der Waals surface area (Å²) in [6.45, 7) is 2.69. The van der Waals surface area contributed by atoms with Gasteiger partial charge in [-0.3, -0.25) is 4.79 Å². The van der Waals surface area contributed by atoms with Crippen molar-refractivity contribution in [1.82, 2.24) is 4.90 Å². The predicted molar refractivity (Wildman–Crippen MR) is 92.5 cm³/mol. The minimum absolute atomic E-state index is 0.00617. The maximum atomic E-state index is 12.8. The fraction of sp³-hybridized carbons (Fsp3) is 0.211. The number of thiophene rings is 1. The number of carbonyl (C=O) groups is 1. The highest BCUT2D eigenvalue weighted by Crippen LogP contribution is 2.19. The van der Waals surface area contributed by atoms with Crippen molar-refractivity contribution in [3.63, 3.8) is 0 Å². The molecule has 1 unspecified atom stereocenters. The van der Waals surface area contributed by atoms with E-state index in [-0.39, 0.29) is 11.9 Å². The third kappa shape index (κ3) is 3.90. The third-order valence-corrected chi connectivity index (χ3v) is 4.73. The number of hydrogen-bond donors (Lipinski definition) is 0. The van der Waals surface area contributed by atoms with E-state index in [1.54, 1.807) is 17.4 Å². The molecule has 0 spiro atoms. The molecule has 2 heterocycles. The molecular formula is C19H19NO2S. The first kappa shape index (κ1) is 15.6. The molecule has 0 aliphatic rings. The summed E-state index contributed by atoms with van der Waals surface area (Å²) in [6, 6.07) is 16.1. The number of amides is 1. The van der Waals surface area contributed by atoms with Crippen molar-refractivity contribution >= 4 is 17.2 Å². The Morgan fingerprint density at radius 3 is 2.65 bits per heavy atom. The van der Waals surface area contributed by atoms with E-state index in [4.69, 9.17) is 4.42 Å². The lowest BCUT2D eigenvalue weighted by Gasteiger charge is -2.29. The molecule has 3 nitrogen and oxygen atoms in total. The van der Waals surface area contributed by atoms with E-state index >= 15 is 0 Å². The number of rotatable bonds is 6. The summed E-state index contributed by atoms with van der Waals surface area (Å²) < 4.78 is 5.08. The molecule has 4 heteroatoms. The second-order valence-corrected chi connectivity index (χ2v) is 6.60. The molecule has 118 valence electrons. The molecular weight excluding hydrogens is 306 g/mol. The number of nitrogens with zero attached hydrogens (tertiary/aromatic N) is 1. The second-order valence-electron chi connectivity index (χ2n) is 5.56. The molecule has 2 aromatic heterocycles. The van der Waals surface area contributed by atoms with E-state index in [1.807, 2.05) is 41.3 Å². The van der Waals surface area contributed by atoms with Gasteiger partial charge in [0.15, 0.2) is 0 Å². The van der Waals surface area contributed by atoms with Gasteiger partial charge < -0.3 is 9.32 Å². The molecule has 0 aliphatic carbocycles. The molecule has 0 N–H and O–H groups in total. The Bertz CT molecular complexity index is 720. The molecule has 0 bridgehead atoms. The monoisotopic (exact) mass is 325 g/mol. The van der Waals surface area contributed by atoms with Crippen molar-refractivity contribution in [2.75, 3.05) is 0 Å². The summed E-state index contributed by atoms with van der Waals surface area (Å²) in [4.78, 5) is 16.1. The quantitative estimate of drug-likeness (QED) is 0.663. The standard InChI is InChI=1S/C19H19NO2S/c1-15(12-18-8-5-11-23-18)20(13-16-6-3-2-4-7-16)19(21)17-9-10-22-14-17/h2-11,14-15H,12-13H2,1H3. The van der Waals surface area contributed by atoms with Crippen molar-refractivity contribution in [1.29, 1.82) is 0 Å². The predicted octanol–water partition coefficient (Wildman–Crippen LogP) is 4.61. The maximum Gasteiger partial charge on any atom is 0.257 e. The lowest BCUT2D eigenvalue weighted by atomic mass is 10.1. The number of furan rings is 1. The minimum atomic E-state index is 0.00617. The van der Waals surface area contributed by atoms with Gasteiger partial charge in [-0.25, -0.2) is 0 Å². The molecule has 0 saturated heterocycles. The van der Waals surface area contributed by atoms with Crippen LogP contribution in [0, 0.1) is 0 Å². The minimum Gasteiger partial charge on any atom is -0.472 e. The molecule has 0 fully saturated rings. The Morgan fingerprint density at radius 1 is 1.17 bits per heavy atom. The van der Waals surface area contributed by atoms with E-state index in [0.29, 0.717) is 12.1 Å². The summed E-state index contributed by atoms with van der Waals surface area (Å²) in [5, 5.41) is 2.07. The molecule has 23 heavy (non-hydrogen) atoms. The van der Waals surface area contributed by atoms with Crippen molar-refractivity contribution in [3.8, 4) is 0 Å². The van der Waals surface area contributed by atoms with Crippen LogP contribution >= 0.6 is 11.3 Å². The Morgan fingerprint density at radius 2 is 2.00 bits per heavy atom. The lowest BCUT2D eigenvalue weighted by Crippen LogP contribution is -2.39. The molecule has 0 aliphatic heterocycles. The molecule has 3 aromatic rings. The van der Waals surface area contributed by atoms with Gasteiger partial charge in [-0.05, 0) is 30.0 Å². The van der Waals surface area contributed by atoms with Gasteiger partial charge in [-0.2, -0.15) is 0 Å². The van der Waals surface area contributed by atoms with Crippen LogP contribution in [0.2, 0.25) is 0 Å². The lowest BCUT2D eigenvalue weighted by molar-refractivity contribution is 0.0675. The first-order valence-corrected chi connectivity index (χ1v) is 8.51. The fourth-order valence-corrected chi connectivity index (χ4v) is 3.42. The van der Waals surface area contributed by atoms with Crippen LogP contribution in [0.15, 0.2) is 70.9 Å². The van der Waals surface area contributed by atoms with Gasteiger partial charge in [0.2, 0.25) is 0 Å². The summed E-state index contributed by atoms with van der Waals surface area (Å²) in [6.07, 6.45) is 3.91. The van der Waals surface area contributed by atoms with Gasteiger partial charge >= 0.3 is 0 Å². The normalized spacial score (nSPS) is 12.0. The average molecular weight is 325 g/mol. The highest BCUT2D eigenvalue weighted by molar-refractivity contribution is 7.09. The van der Waals surface area contributed by atoms with E-state index < -0.39 is 0 Å². The average Bonchev–Trinajstić information content (AvgIpc) is 3.26. The van der Waals surface area contributed by atoms with E-state index in [1.165, 1.54) is 17.4 Å². The van der Waals surface area contributed by atoms with Crippen LogP contribution in [-0.4, -0.2) is 16.8 Å². The molecule has 1 atom stereocenters. The third-order valence-electron chi connectivity index (χ3n) is 3.83. The van der Waals surface area contributed by atoms with E-state index in [0.717, 1.165) is 12.0 Å². The van der Waals surface area contributed by atoms with E-state index in [9.17, 15) is 4.79 Å². The zero-order valence-corrected chi connectivity index (χ0v) is 13.8. The largest absolute Gasteiger partial charge is 0.472 e. The van der Waals surface area contributed by atoms with Crippen LogP contribution in [0.4, 0.5) is 0 Å². The Balaban J connectivity index is 1.81.